The summed E-state index contributed by atoms with van der Waals surface area (Å²) in [6, 6.07) is 7.07. The lowest BCUT2D eigenvalue weighted by Gasteiger charge is -2.21. The van der Waals surface area contributed by atoms with Crippen molar-refractivity contribution in [3.63, 3.8) is 0 Å². The molecule has 1 N–H and O–H groups in total. The monoisotopic (exact) mass is 459 g/mol. The lowest BCUT2D eigenvalue weighted by Crippen LogP contribution is -2.39. The Morgan fingerprint density at radius 3 is 2.53 bits per heavy atom. The average Bonchev–Trinajstić information content (AvgIpc) is 3.59. The van der Waals surface area contributed by atoms with E-state index in [1.165, 1.54) is 9.13 Å². The van der Waals surface area contributed by atoms with E-state index in [0.29, 0.717) is 47.4 Å². The predicted octanol–water partition coefficient (Wildman–Crippen LogP) is 2.44. The minimum atomic E-state index is -0.395. The van der Waals surface area contributed by atoms with Crippen LogP contribution in [0.5, 0.6) is 0 Å². The third kappa shape index (κ3) is 3.81. The molecular formula is C24H25N7O3. The first-order valence-electron chi connectivity index (χ1n) is 11.4. The number of hydrogen-bond donors (Lipinski definition) is 1. The highest BCUT2D eigenvalue weighted by molar-refractivity contribution is 6.05. The van der Waals surface area contributed by atoms with Crippen LogP contribution in [0.25, 0.3) is 22.6 Å². The van der Waals surface area contributed by atoms with Crippen LogP contribution < -0.4 is 16.1 Å². The number of imidazole rings is 1. The number of fused-ring (bicyclic) bond motifs is 1. The summed E-state index contributed by atoms with van der Waals surface area (Å²) in [5.74, 6) is 1.31. The molecule has 0 spiro atoms. The van der Waals surface area contributed by atoms with E-state index in [0.717, 1.165) is 12.8 Å². The van der Waals surface area contributed by atoms with Gasteiger partial charge in [0.05, 0.1) is 5.56 Å². The van der Waals surface area contributed by atoms with E-state index in [1.54, 1.807) is 48.6 Å². The molecule has 1 aliphatic rings. The zero-order valence-corrected chi connectivity index (χ0v) is 19.1. The number of pyridine rings is 2. The number of nitrogens with zero attached hydrogens (tertiary/aromatic N) is 6. The molecule has 0 atom stereocenters. The van der Waals surface area contributed by atoms with Crippen LogP contribution in [0, 0.1) is 5.92 Å². The Labute approximate surface area is 194 Å². The summed E-state index contributed by atoms with van der Waals surface area (Å²) in [5, 5.41) is 0. The van der Waals surface area contributed by atoms with Gasteiger partial charge in [-0.3, -0.25) is 28.6 Å². The summed E-state index contributed by atoms with van der Waals surface area (Å²) in [5.41, 5.74) is 0.994. The van der Waals surface area contributed by atoms with Gasteiger partial charge in [-0.15, -0.1) is 0 Å². The lowest BCUT2D eigenvalue weighted by atomic mass is 10.2. The van der Waals surface area contributed by atoms with Crippen LogP contribution in [0.2, 0.25) is 0 Å². The van der Waals surface area contributed by atoms with Gasteiger partial charge >= 0.3 is 5.69 Å². The number of aromatic amines is 1. The first-order chi connectivity index (χ1) is 16.5. The topological polar surface area (TPSA) is 119 Å². The van der Waals surface area contributed by atoms with Crippen molar-refractivity contribution in [2.75, 3.05) is 11.4 Å². The molecule has 0 aliphatic heterocycles. The first kappa shape index (κ1) is 21.7. The van der Waals surface area contributed by atoms with Crippen LogP contribution in [0.4, 0.5) is 5.82 Å². The third-order valence-electron chi connectivity index (χ3n) is 6.08. The molecule has 4 aromatic heterocycles. The molecule has 0 saturated heterocycles. The molecule has 10 nitrogen and oxygen atoms in total. The fourth-order valence-corrected chi connectivity index (χ4v) is 4.04. The molecule has 0 radical (unpaired) electrons. The number of nitrogens with one attached hydrogen (secondary N) is 1. The Kier molecular flexibility index (Phi) is 5.56. The number of amides is 1. The zero-order valence-electron chi connectivity index (χ0n) is 19.1. The number of carbonyl (C=O) groups is 1. The average molecular weight is 460 g/mol. The molecule has 34 heavy (non-hydrogen) atoms. The summed E-state index contributed by atoms with van der Waals surface area (Å²) in [6.07, 6.45) is 7.01. The maximum absolute atomic E-state index is 13.1. The highest BCUT2D eigenvalue weighted by Crippen LogP contribution is 2.32. The Bertz CT molecular complexity index is 1460. The van der Waals surface area contributed by atoms with Crippen LogP contribution in [0.3, 0.4) is 0 Å². The smallest absolute Gasteiger partial charge is 0.332 e. The summed E-state index contributed by atoms with van der Waals surface area (Å²) in [7, 11) is 0. The second-order valence-corrected chi connectivity index (χ2v) is 8.37. The largest absolute Gasteiger partial charge is 0.332 e. The van der Waals surface area contributed by atoms with Crippen LogP contribution in [-0.2, 0) is 13.1 Å². The number of hydrogen-bond acceptors (Lipinski definition) is 6. The van der Waals surface area contributed by atoms with Gasteiger partial charge in [-0.1, -0.05) is 0 Å². The van der Waals surface area contributed by atoms with Crippen LogP contribution >= 0.6 is 0 Å². The normalized spacial score (nSPS) is 13.4. The minimum Gasteiger partial charge on any atom is -0.332 e. The predicted molar refractivity (Wildman–Crippen MR) is 128 cm³/mol. The van der Waals surface area contributed by atoms with Gasteiger partial charge in [0.2, 0.25) is 0 Å². The highest BCUT2D eigenvalue weighted by Gasteiger charge is 2.29. The molecule has 10 heteroatoms. The van der Waals surface area contributed by atoms with E-state index in [4.69, 9.17) is 0 Å². The number of aryl methyl sites for hydroxylation is 1. The van der Waals surface area contributed by atoms with Gasteiger partial charge in [-0.05, 0) is 56.9 Å². The van der Waals surface area contributed by atoms with E-state index in [1.807, 2.05) is 13.0 Å². The van der Waals surface area contributed by atoms with E-state index >= 15 is 0 Å². The lowest BCUT2D eigenvalue weighted by molar-refractivity contribution is 0.0984. The van der Waals surface area contributed by atoms with E-state index in [9.17, 15) is 14.4 Å². The minimum absolute atomic E-state index is 0.143. The molecule has 4 heterocycles. The number of aromatic nitrogens is 6. The van der Waals surface area contributed by atoms with E-state index < -0.39 is 5.56 Å². The fraction of sp³-hybridized carbons (Fsp3) is 0.333. The van der Waals surface area contributed by atoms with E-state index in [2.05, 4.69) is 19.9 Å². The summed E-state index contributed by atoms with van der Waals surface area (Å²) in [6.45, 7) is 4.87. The molecule has 174 valence electrons. The molecule has 1 amide bonds. The molecule has 0 bridgehead atoms. The third-order valence-corrected chi connectivity index (χ3v) is 6.08. The SMILES string of the molecule is CCn1c(=O)c2[nH]c(-c3ccc(N(CC4CC4)C(=O)c4cccnc4)nc3)nc2n(CC)c1=O. The number of anilines is 1. The summed E-state index contributed by atoms with van der Waals surface area (Å²) in [4.78, 5) is 56.4. The summed E-state index contributed by atoms with van der Waals surface area (Å²) >= 11 is 0. The molecule has 0 unspecified atom stereocenters. The van der Waals surface area contributed by atoms with Gasteiger partial charge < -0.3 is 4.98 Å². The first-order valence-corrected chi connectivity index (χ1v) is 11.4. The van der Waals surface area contributed by atoms with Crippen LogP contribution in [0.15, 0.2) is 52.4 Å². The van der Waals surface area contributed by atoms with Crippen molar-refractivity contribution in [3.8, 4) is 11.4 Å². The summed E-state index contributed by atoms with van der Waals surface area (Å²) < 4.78 is 2.67. The molecule has 4 aromatic rings. The molecular weight excluding hydrogens is 434 g/mol. The highest BCUT2D eigenvalue weighted by atomic mass is 16.2. The van der Waals surface area contributed by atoms with Crippen molar-refractivity contribution in [2.45, 2.75) is 39.8 Å². The molecule has 0 aromatic carbocycles. The standard InChI is InChI=1S/C24H25N7O3/c1-3-29-21-19(23(33)30(4-2)24(29)34)27-20(28-21)16-9-10-18(26-13-16)31(14-15-7-8-15)22(32)17-6-5-11-25-12-17/h5-6,9-13,15H,3-4,7-8,14H2,1-2H3,(H,27,28). The van der Waals surface area contributed by atoms with Gasteiger partial charge in [0, 0.05) is 43.8 Å². The Balaban J connectivity index is 1.52. The molecule has 1 fully saturated rings. The van der Waals surface area contributed by atoms with Crippen molar-refractivity contribution < 1.29 is 4.79 Å². The Morgan fingerprint density at radius 2 is 1.91 bits per heavy atom. The Hall–Kier alpha value is -4.08. The fourth-order valence-electron chi connectivity index (χ4n) is 4.04. The number of H-pyrrole nitrogens is 1. The zero-order chi connectivity index (χ0) is 23.8. The van der Waals surface area contributed by atoms with Crippen molar-refractivity contribution in [1.29, 1.82) is 0 Å². The van der Waals surface area contributed by atoms with Gasteiger partial charge in [-0.25, -0.2) is 14.8 Å². The number of carbonyl (C=O) groups excluding carboxylic acids is 1. The quantitative estimate of drug-likeness (QED) is 0.453. The van der Waals surface area contributed by atoms with Gasteiger partial charge in [0.1, 0.15) is 17.2 Å². The van der Waals surface area contributed by atoms with Crippen molar-refractivity contribution in [2.24, 2.45) is 5.92 Å². The Morgan fingerprint density at radius 1 is 1.12 bits per heavy atom. The van der Waals surface area contributed by atoms with E-state index in [-0.39, 0.29) is 23.7 Å². The van der Waals surface area contributed by atoms with Gasteiger partial charge in [-0.2, -0.15) is 0 Å². The second-order valence-electron chi connectivity index (χ2n) is 8.37. The molecule has 5 rings (SSSR count). The van der Waals surface area contributed by atoms with Crippen molar-refractivity contribution in [1.82, 2.24) is 29.1 Å². The van der Waals surface area contributed by atoms with Crippen molar-refractivity contribution in [3.05, 3.63) is 69.3 Å². The van der Waals surface area contributed by atoms with Crippen LogP contribution in [-0.4, -0.2) is 41.5 Å². The molecule has 1 aliphatic carbocycles. The molecule has 1 saturated carbocycles. The van der Waals surface area contributed by atoms with Crippen molar-refractivity contribution >= 4 is 22.9 Å². The number of rotatable bonds is 7. The van der Waals surface area contributed by atoms with Crippen LogP contribution in [0.1, 0.15) is 37.0 Å². The maximum Gasteiger partial charge on any atom is 0.332 e. The second kappa shape index (κ2) is 8.69. The van der Waals surface area contributed by atoms with Gasteiger partial charge in [0.25, 0.3) is 11.5 Å². The maximum atomic E-state index is 13.1. The van der Waals surface area contributed by atoms with Gasteiger partial charge in [0.15, 0.2) is 5.65 Å².